The third-order valence-electron chi connectivity index (χ3n) is 3.68. The number of thioether (sulfide) groups is 1. The molecule has 0 saturated carbocycles. The third-order valence-corrected chi connectivity index (χ3v) is 5.41. The van der Waals surface area contributed by atoms with Crippen LogP contribution in [-0.4, -0.2) is 11.5 Å². The van der Waals surface area contributed by atoms with Crippen LogP contribution in [0.5, 0.6) is 0 Å². The van der Waals surface area contributed by atoms with Gasteiger partial charge in [-0.3, -0.25) is 4.79 Å². The molecule has 2 aromatic rings. The Labute approximate surface area is 138 Å². The van der Waals surface area contributed by atoms with Gasteiger partial charge >= 0.3 is 0 Å². The second kappa shape index (κ2) is 6.43. The van der Waals surface area contributed by atoms with Gasteiger partial charge in [0.05, 0.1) is 15.8 Å². The summed E-state index contributed by atoms with van der Waals surface area (Å²) in [7, 11) is 0. The molecule has 0 fully saturated rings. The number of carbonyl (C=O) groups excluding carboxylic acids is 1. The summed E-state index contributed by atoms with van der Waals surface area (Å²) in [5, 5.41) is 0.893. The van der Waals surface area contributed by atoms with Crippen LogP contribution in [0.1, 0.15) is 27.9 Å². The predicted octanol–water partition coefficient (Wildman–Crippen LogP) is 5.46. The third kappa shape index (κ3) is 3.45. The Morgan fingerprint density at radius 3 is 2.62 bits per heavy atom. The minimum Gasteiger partial charge on any atom is -0.293 e. The number of Topliss-reactive ketones (excluding diaryl/α,β-unsaturated/α-hetero) is 1. The van der Waals surface area contributed by atoms with Crippen molar-refractivity contribution in [3.8, 4) is 0 Å². The highest BCUT2D eigenvalue weighted by molar-refractivity contribution is 8.00. The number of aryl methyl sites for hydroxylation is 2. The molecule has 21 heavy (non-hydrogen) atoms. The van der Waals surface area contributed by atoms with Gasteiger partial charge in [-0.1, -0.05) is 29.3 Å². The highest BCUT2D eigenvalue weighted by atomic mass is 35.5. The van der Waals surface area contributed by atoms with Crippen molar-refractivity contribution in [2.24, 2.45) is 0 Å². The van der Waals surface area contributed by atoms with Crippen LogP contribution in [0.15, 0.2) is 41.3 Å². The van der Waals surface area contributed by atoms with Gasteiger partial charge in [0.2, 0.25) is 0 Å². The van der Waals surface area contributed by atoms with Crippen LogP contribution in [0.3, 0.4) is 0 Å². The monoisotopic (exact) mass is 336 g/mol. The van der Waals surface area contributed by atoms with Crippen LogP contribution in [0, 0.1) is 0 Å². The highest BCUT2D eigenvalue weighted by Gasteiger charge is 2.13. The smallest absolute Gasteiger partial charge is 0.173 e. The molecule has 0 bridgehead atoms. The summed E-state index contributed by atoms with van der Waals surface area (Å²) in [6.45, 7) is 0. The number of hydrogen-bond acceptors (Lipinski definition) is 2. The molecular formula is C17H14Cl2OS. The van der Waals surface area contributed by atoms with Crippen LogP contribution in [0.25, 0.3) is 0 Å². The van der Waals surface area contributed by atoms with E-state index in [4.69, 9.17) is 23.2 Å². The van der Waals surface area contributed by atoms with E-state index in [-0.39, 0.29) is 5.78 Å². The lowest BCUT2D eigenvalue weighted by molar-refractivity contribution is 0.102. The molecule has 2 aromatic carbocycles. The number of benzene rings is 2. The first kappa shape index (κ1) is 15.0. The molecule has 0 unspecified atom stereocenters. The van der Waals surface area contributed by atoms with Crippen molar-refractivity contribution in [2.75, 3.05) is 5.75 Å². The fourth-order valence-electron chi connectivity index (χ4n) is 2.54. The molecule has 1 aliphatic carbocycles. The molecule has 4 heteroatoms. The Kier molecular flexibility index (Phi) is 4.58. The predicted molar refractivity (Wildman–Crippen MR) is 90.0 cm³/mol. The SMILES string of the molecule is O=C(CSc1ccc2c(c1)CCC2)c1ccc(Cl)c(Cl)c1. The Morgan fingerprint density at radius 1 is 1.00 bits per heavy atom. The van der Waals surface area contributed by atoms with Crippen LogP contribution >= 0.6 is 35.0 Å². The lowest BCUT2D eigenvalue weighted by atomic mass is 10.1. The molecule has 0 amide bonds. The van der Waals surface area contributed by atoms with Crippen molar-refractivity contribution in [3.05, 3.63) is 63.1 Å². The van der Waals surface area contributed by atoms with Crippen LogP contribution < -0.4 is 0 Å². The molecule has 0 heterocycles. The number of fused-ring (bicyclic) bond motifs is 1. The molecule has 1 nitrogen and oxygen atoms in total. The van der Waals surface area contributed by atoms with Gasteiger partial charge < -0.3 is 0 Å². The van der Waals surface area contributed by atoms with Crippen molar-refractivity contribution >= 4 is 40.7 Å². The van der Waals surface area contributed by atoms with Gasteiger partial charge in [0.1, 0.15) is 0 Å². The number of carbonyl (C=O) groups is 1. The largest absolute Gasteiger partial charge is 0.293 e. The summed E-state index contributed by atoms with van der Waals surface area (Å²) < 4.78 is 0. The average molecular weight is 337 g/mol. The fourth-order valence-corrected chi connectivity index (χ4v) is 3.69. The van der Waals surface area contributed by atoms with Crippen LogP contribution in [0.2, 0.25) is 10.0 Å². The van der Waals surface area contributed by atoms with E-state index in [0.717, 1.165) is 11.3 Å². The van der Waals surface area contributed by atoms with Crippen molar-refractivity contribution in [1.29, 1.82) is 0 Å². The highest BCUT2D eigenvalue weighted by Crippen LogP contribution is 2.28. The first-order valence-corrected chi connectivity index (χ1v) is 8.60. The zero-order valence-corrected chi connectivity index (χ0v) is 13.7. The van der Waals surface area contributed by atoms with Gasteiger partial charge in [0, 0.05) is 10.5 Å². The summed E-state index contributed by atoms with van der Waals surface area (Å²) in [5.41, 5.74) is 3.50. The van der Waals surface area contributed by atoms with Crippen molar-refractivity contribution in [1.82, 2.24) is 0 Å². The first-order chi connectivity index (χ1) is 10.1. The summed E-state index contributed by atoms with van der Waals surface area (Å²) >= 11 is 13.4. The first-order valence-electron chi connectivity index (χ1n) is 6.86. The van der Waals surface area contributed by atoms with E-state index in [2.05, 4.69) is 18.2 Å². The molecule has 1 aliphatic rings. The van der Waals surface area contributed by atoms with Gasteiger partial charge in [0.15, 0.2) is 5.78 Å². The summed E-state index contributed by atoms with van der Waals surface area (Å²) in [6.07, 6.45) is 3.58. The lowest BCUT2D eigenvalue weighted by Crippen LogP contribution is -2.02. The number of hydrogen-bond donors (Lipinski definition) is 0. The van der Waals surface area contributed by atoms with Gasteiger partial charge in [-0.25, -0.2) is 0 Å². The quantitative estimate of drug-likeness (QED) is 0.544. The molecule has 0 spiro atoms. The molecule has 0 atom stereocenters. The van der Waals surface area contributed by atoms with E-state index in [1.54, 1.807) is 30.0 Å². The molecular weight excluding hydrogens is 323 g/mol. The zero-order chi connectivity index (χ0) is 14.8. The maximum absolute atomic E-state index is 12.2. The molecule has 0 aliphatic heterocycles. The van der Waals surface area contributed by atoms with Crippen molar-refractivity contribution in [2.45, 2.75) is 24.2 Å². The maximum Gasteiger partial charge on any atom is 0.173 e. The van der Waals surface area contributed by atoms with Crippen LogP contribution in [0.4, 0.5) is 0 Å². The summed E-state index contributed by atoms with van der Waals surface area (Å²) in [6, 6.07) is 11.5. The van der Waals surface area contributed by atoms with E-state index >= 15 is 0 Å². The minimum absolute atomic E-state index is 0.0686. The summed E-state index contributed by atoms with van der Waals surface area (Å²) in [4.78, 5) is 13.3. The van der Waals surface area contributed by atoms with E-state index in [9.17, 15) is 4.79 Å². The molecule has 0 N–H and O–H groups in total. The summed E-state index contributed by atoms with van der Waals surface area (Å²) in [5.74, 6) is 0.482. The molecule has 0 saturated heterocycles. The number of ketones is 1. The number of rotatable bonds is 4. The van der Waals surface area contributed by atoms with E-state index < -0.39 is 0 Å². The topological polar surface area (TPSA) is 17.1 Å². The Hall–Kier alpha value is -0.960. The minimum atomic E-state index is 0.0686. The van der Waals surface area contributed by atoms with Crippen LogP contribution in [-0.2, 0) is 12.8 Å². The standard InChI is InChI=1S/C17H14Cl2OS/c18-15-7-5-13(9-16(15)19)17(20)10-21-14-6-4-11-2-1-3-12(11)8-14/h4-9H,1-3,10H2. The van der Waals surface area contributed by atoms with E-state index in [1.807, 2.05) is 0 Å². The van der Waals surface area contributed by atoms with E-state index in [0.29, 0.717) is 21.4 Å². The Bertz CT molecular complexity index is 697. The van der Waals surface area contributed by atoms with Gasteiger partial charge in [-0.2, -0.15) is 0 Å². The lowest BCUT2D eigenvalue weighted by Gasteiger charge is -2.05. The Balaban J connectivity index is 1.67. The van der Waals surface area contributed by atoms with Crippen molar-refractivity contribution < 1.29 is 4.79 Å². The molecule has 3 rings (SSSR count). The second-order valence-corrected chi connectivity index (χ2v) is 6.99. The van der Waals surface area contributed by atoms with Crippen molar-refractivity contribution in [3.63, 3.8) is 0 Å². The number of halogens is 2. The fraction of sp³-hybridized carbons (Fsp3) is 0.235. The molecule has 0 aromatic heterocycles. The maximum atomic E-state index is 12.2. The van der Waals surface area contributed by atoms with E-state index in [1.165, 1.54) is 24.0 Å². The van der Waals surface area contributed by atoms with Gasteiger partial charge in [-0.05, 0) is 60.7 Å². The normalized spacial score (nSPS) is 13.2. The zero-order valence-electron chi connectivity index (χ0n) is 11.4. The Morgan fingerprint density at radius 2 is 1.81 bits per heavy atom. The molecule has 0 radical (unpaired) electrons. The average Bonchev–Trinajstić information content (AvgIpc) is 2.95. The van der Waals surface area contributed by atoms with Gasteiger partial charge in [-0.15, -0.1) is 11.8 Å². The second-order valence-electron chi connectivity index (χ2n) is 5.12. The molecule has 108 valence electrons. The van der Waals surface area contributed by atoms with Gasteiger partial charge in [0.25, 0.3) is 0 Å².